The highest BCUT2D eigenvalue weighted by molar-refractivity contribution is 5.97. The molecule has 1 saturated heterocycles. The smallest absolute Gasteiger partial charge is 0.256 e. The van der Waals surface area contributed by atoms with Gasteiger partial charge in [-0.15, -0.1) is 0 Å². The molecule has 5 heteroatoms. The zero-order valence-electron chi connectivity index (χ0n) is 15.3. The number of ether oxygens (including phenoxy) is 2. The molecule has 1 aromatic rings. The summed E-state index contributed by atoms with van der Waals surface area (Å²) in [5.74, 6) is 0.826. The molecule has 1 amide bonds. The second kappa shape index (κ2) is 8.68. The highest BCUT2D eigenvalue weighted by atomic mass is 16.5. The Morgan fingerprint density at radius 2 is 1.80 bits per heavy atom. The number of nitrogens with one attached hydrogen (secondary N) is 1. The van der Waals surface area contributed by atoms with E-state index in [9.17, 15) is 4.79 Å². The zero-order valence-corrected chi connectivity index (χ0v) is 15.3. The monoisotopic (exact) mass is 346 g/mol. The standard InChI is InChI=1S/C20H30N2O3/c1-2-25-20(11-3-4-12-20)19(23)21-17-7-9-18(10-8-17)24-16-15-22-13-5-6-14-22/h7-10H,2-6,11-16H2,1H3,(H,21,23). The van der Waals surface area contributed by atoms with Crippen LogP contribution in [0.5, 0.6) is 5.75 Å². The molecule has 2 aliphatic rings. The molecule has 0 bridgehead atoms. The predicted molar refractivity (Wildman–Crippen MR) is 99.1 cm³/mol. The molecule has 0 aromatic heterocycles. The van der Waals surface area contributed by atoms with Crippen LogP contribution in [-0.2, 0) is 9.53 Å². The summed E-state index contributed by atoms with van der Waals surface area (Å²) in [5, 5.41) is 3.01. The third kappa shape index (κ3) is 4.73. The highest BCUT2D eigenvalue weighted by Crippen LogP contribution is 2.34. The van der Waals surface area contributed by atoms with Gasteiger partial charge in [0.1, 0.15) is 18.0 Å². The Morgan fingerprint density at radius 3 is 2.44 bits per heavy atom. The van der Waals surface area contributed by atoms with Crippen molar-refractivity contribution in [3.63, 3.8) is 0 Å². The summed E-state index contributed by atoms with van der Waals surface area (Å²) >= 11 is 0. The predicted octanol–water partition coefficient (Wildman–Crippen LogP) is 3.45. The molecule has 1 aliphatic carbocycles. The summed E-state index contributed by atoms with van der Waals surface area (Å²) in [6, 6.07) is 7.64. The molecule has 138 valence electrons. The van der Waals surface area contributed by atoms with Crippen LogP contribution in [0.1, 0.15) is 45.4 Å². The van der Waals surface area contributed by atoms with Crippen molar-refractivity contribution < 1.29 is 14.3 Å². The Hall–Kier alpha value is -1.59. The van der Waals surface area contributed by atoms with E-state index in [1.165, 1.54) is 25.9 Å². The summed E-state index contributed by atoms with van der Waals surface area (Å²) in [7, 11) is 0. The molecular weight excluding hydrogens is 316 g/mol. The van der Waals surface area contributed by atoms with E-state index in [0.717, 1.165) is 43.7 Å². The van der Waals surface area contributed by atoms with Gasteiger partial charge in [0.15, 0.2) is 0 Å². The molecule has 3 rings (SSSR count). The third-order valence-corrected chi connectivity index (χ3v) is 5.23. The minimum atomic E-state index is -0.639. The molecule has 1 heterocycles. The molecule has 0 atom stereocenters. The molecule has 1 saturated carbocycles. The van der Waals surface area contributed by atoms with Gasteiger partial charge in [-0.05, 0) is 82.8 Å². The number of likely N-dealkylation sites (tertiary alicyclic amines) is 1. The van der Waals surface area contributed by atoms with Crippen molar-refractivity contribution in [1.82, 2.24) is 4.90 Å². The van der Waals surface area contributed by atoms with E-state index >= 15 is 0 Å². The number of anilines is 1. The molecule has 1 aromatic carbocycles. The van der Waals surface area contributed by atoms with Crippen LogP contribution >= 0.6 is 0 Å². The molecular formula is C20H30N2O3. The summed E-state index contributed by atoms with van der Waals surface area (Å²) in [6.07, 6.45) is 6.33. The van der Waals surface area contributed by atoms with Crippen LogP contribution in [0.25, 0.3) is 0 Å². The van der Waals surface area contributed by atoms with Gasteiger partial charge in [0.25, 0.3) is 5.91 Å². The fourth-order valence-corrected chi connectivity index (χ4v) is 3.84. The number of benzene rings is 1. The number of rotatable bonds is 8. The fourth-order valence-electron chi connectivity index (χ4n) is 3.84. The van der Waals surface area contributed by atoms with Gasteiger partial charge in [0.2, 0.25) is 0 Å². The number of carbonyl (C=O) groups excluding carboxylic acids is 1. The van der Waals surface area contributed by atoms with Crippen LogP contribution in [0.4, 0.5) is 5.69 Å². The maximum atomic E-state index is 12.7. The Morgan fingerprint density at radius 1 is 1.12 bits per heavy atom. The van der Waals surface area contributed by atoms with E-state index < -0.39 is 5.60 Å². The van der Waals surface area contributed by atoms with Gasteiger partial charge in [-0.1, -0.05) is 0 Å². The summed E-state index contributed by atoms with van der Waals surface area (Å²) in [6.45, 7) is 6.58. The van der Waals surface area contributed by atoms with E-state index in [0.29, 0.717) is 13.2 Å². The lowest BCUT2D eigenvalue weighted by atomic mass is 10.0. The van der Waals surface area contributed by atoms with Gasteiger partial charge < -0.3 is 14.8 Å². The number of carbonyl (C=O) groups is 1. The van der Waals surface area contributed by atoms with Crippen LogP contribution in [0, 0.1) is 0 Å². The average Bonchev–Trinajstić information content (AvgIpc) is 3.29. The molecule has 0 unspecified atom stereocenters. The van der Waals surface area contributed by atoms with Gasteiger partial charge in [-0.2, -0.15) is 0 Å². The lowest BCUT2D eigenvalue weighted by molar-refractivity contribution is -0.140. The maximum Gasteiger partial charge on any atom is 0.256 e. The van der Waals surface area contributed by atoms with Gasteiger partial charge in [-0.25, -0.2) is 0 Å². The van der Waals surface area contributed by atoms with Crippen molar-refractivity contribution in [2.75, 3.05) is 38.2 Å². The molecule has 2 fully saturated rings. The Balaban J connectivity index is 1.48. The first-order chi connectivity index (χ1) is 12.2. The summed E-state index contributed by atoms with van der Waals surface area (Å²) < 4.78 is 11.6. The van der Waals surface area contributed by atoms with Crippen LogP contribution in [0.15, 0.2) is 24.3 Å². The van der Waals surface area contributed by atoms with E-state index in [4.69, 9.17) is 9.47 Å². The van der Waals surface area contributed by atoms with Crippen molar-refractivity contribution in [2.45, 2.75) is 51.0 Å². The normalized spacial score (nSPS) is 19.9. The molecule has 25 heavy (non-hydrogen) atoms. The topological polar surface area (TPSA) is 50.8 Å². The molecule has 0 spiro atoms. The second-order valence-corrected chi connectivity index (χ2v) is 7.01. The van der Waals surface area contributed by atoms with Crippen LogP contribution < -0.4 is 10.1 Å². The quantitative estimate of drug-likeness (QED) is 0.783. The number of hydrogen-bond acceptors (Lipinski definition) is 4. The van der Waals surface area contributed by atoms with Gasteiger partial charge in [0.05, 0.1) is 0 Å². The largest absolute Gasteiger partial charge is 0.492 e. The molecule has 5 nitrogen and oxygen atoms in total. The van der Waals surface area contributed by atoms with Crippen LogP contribution in [0.2, 0.25) is 0 Å². The van der Waals surface area contributed by atoms with Gasteiger partial charge >= 0.3 is 0 Å². The van der Waals surface area contributed by atoms with E-state index in [1.807, 2.05) is 31.2 Å². The van der Waals surface area contributed by atoms with Gasteiger partial charge in [-0.3, -0.25) is 9.69 Å². The second-order valence-electron chi connectivity index (χ2n) is 7.01. The first kappa shape index (κ1) is 18.2. The minimum Gasteiger partial charge on any atom is -0.492 e. The SMILES string of the molecule is CCOC1(C(=O)Nc2ccc(OCCN3CCCC3)cc2)CCCC1. The molecule has 0 radical (unpaired) electrons. The number of hydrogen-bond donors (Lipinski definition) is 1. The van der Waals surface area contributed by atoms with Crippen molar-refractivity contribution in [2.24, 2.45) is 0 Å². The Bertz CT molecular complexity index is 547. The lowest BCUT2D eigenvalue weighted by Gasteiger charge is -2.27. The van der Waals surface area contributed by atoms with Crippen molar-refractivity contribution in [1.29, 1.82) is 0 Å². The highest BCUT2D eigenvalue weighted by Gasteiger charge is 2.41. The van der Waals surface area contributed by atoms with Crippen molar-refractivity contribution in [3.05, 3.63) is 24.3 Å². The van der Waals surface area contributed by atoms with E-state index in [-0.39, 0.29) is 5.91 Å². The maximum absolute atomic E-state index is 12.7. The lowest BCUT2D eigenvalue weighted by Crippen LogP contribution is -2.43. The van der Waals surface area contributed by atoms with Crippen LogP contribution in [-0.4, -0.2) is 49.3 Å². The Labute approximate surface area is 150 Å². The van der Waals surface area contributed by atoms with Crippen molar-refractivity contribution in [3.8, 4) is 5.75 Å². The zero-order chi connectivity index (χ0) is 17.5. The number of amides is 1. The van der Waals surface area contributed by atoms with Gasteiger partial charge in [0, 0.05) is 18.8 Å². The number of nitrogens with zero attached hydrogens (tertiary/aromatic N) is 1. The van der Waals surface area contributed by atoms with Crippen LogP contribution in [0.3, 0.4) is 0 Å². The first-order valence-electron chi connectivity index (χ1n) is 9.62. The summed E-state index contributed by atoms with van der Waals surface area (Å²) in [5.41, 5.74) is 0.155. The minimum absolute atomic E-state index is 0.0189. The summed E-state index contributed by atoms with van der Waals surface area (Å²) in [4.78, 5) is 15.1. The van der Waals surface area contributed by atoms with Crippen molar-refractivity contribution >= 4 is 11.6 Å². The fraction of sp³-hybridized carbons (Fsp3) is 0.650. The Kier molecular flexibility index (Phi) is 6.32. The van der Waals surface area contributed by atoms with E-state index in [1.54, 1.807) is 0 Å². The third-order valence-electron chi connectivity index (χ3n) is 5.23. The molecule has 1 aliphatic heterocycles. The first-order valence-corrected chi connectivity index (χ1v) is 9.62. The van der Waals surface area contributed by atoms with E-state index in [2.05, 4.69) is 10.2 Å². The molecule has 1 N–H and O–H groups in total. The average molecular weight is 346 g/mol.